The van der Waals surface area contributed by atoms with Crippen LogP contribution in [0.3, 0.4) is 0 Å². The zero-order chi connectivity index (χ0) is 49.9. The van der Waals surface area contributed by atoms with Gasteiger partial charge in [-0.1, -0.05) is 142 Å². The van der Waals surface area contributed by atoms with Gasteiger partial charge in [-0.3, -0.25) is 4.79 Å². The first-order chi connectivity index (χ1) is 34.0. The molecular weight excluding hydrogens is 873 g/mol. The van der Waals surface area contributed by atoms with Crippen molar-refractivity contribution in [3.05, 3.63) is 36.0 Å². The number of rotatable bonds is 36. The number of carbonyl (C=O) groups excluding carboxylic acids is 2. The van der Waals surface area contributed by atoms with E-state index in [-0.39, 0.29) is 42.7 Å². The number of hydrogen-bond donors (Lipinski definition) is 1. The molecule has 0 aromatic carbocycles. The third-order valence-corrected chi connectivity index (χ3v) is 17.9. The van der Waals surface area contributed by atoms with E-state index in [1.807, 2.05) is 0 Å². The van der Waals surface area contributed by atoms with E-state index in [9.17, 15) is 9.59 Å². The molecule has 5 aliphatic rings. The number of piperidine rings is 1. The van der Waals surface area contributed by atoms with Crippen molar-refractivity contribution in [3.63, 3.8) is 0 Å². The van der Waals surface area contributed by atoms with Gasteiger partial charge >= 0.3 is 5.97 Å². The third-order valence-electron chi connectivity index (χ3n) is 17.9. The molecule has 1 aliphatic heterocycles. The standard InChI is InChI=1S/C61H106N2O7/c1-7-8-9-10-11-12-13-14-15-16-17-18-19-20-21-25-40-67-46-53(45-63-38-23-22-24-39-63)69-43-42-66-41-37-62-58(64)47-68-48-59(65)70-52-33-35-60(5)51(44-52)29-30-54-56-32-31-55(50(4)28-26-27-49(2)3)61(56,6)36-34-57(54)60/h11-12,14-15,29,49-50,52-57H,7-10,13,16-28,30-48H2,1-6H3,(H,62,64)/t50-,52+,53?,54+,55-,56+,57+,60+,61-/m1/s1. The minimum absolute atomic E-state index is 0.0250. The first-order valence-electron chi connectivity index (χ1n) is 29.6. The summed E-state index contributed by atoms with van der Waals surface area (Å²) < 4.78 is 29.7. The van der Waals surface area contributed by atoms with Crippen LogP contribution < -0.4 is 5.32 Å². The summed E-state index contributed by atoms with van der Waals surface area (Å²) in [5.74, 6) is 4.23. The van der Waals surface area contributed by atoms with Gasteiger partial charge in [-0.05, 0) is 156 Å². The molecule has 1 saturated heterocycles. The molecule has 5 rings (SSSR count). The Morgan fingerprint density at radius 2 is 1.51 bits per heavy atom. The second-order valence-electron chi connectivity index (χ2n) is 23.6. The topological polar surface area (TPSA) is 95.6 Å². The highest BCUT2D eigenvalue weighted by atomic mass is 16.6. The molecule has 0 spiro atoms. The maximum absolute atomic E-state index is 12.9. The Balaban J connectivity index is 0.872. The molecule has 1 unspecified atom stereocenters. The Morgan fingerprint density at radius 1 is 0.757 bits per heavy atom. The molecule has 9 atom stereocenters. The predicted molar refractivity (Wildman–Crippen MR) is 288 cm³/mol. The summed E-state index contributed by atoms with van der Waals surface area (Å²) in [6.07, 6.45) is 44.2. The summed E-state index contributed by atoms with van der Waals surface area (Å²) in [6.45, 7) is 20.6. The van der Waals surface area contributed by atoms with Crippen LogP contribution in [0.4, 0.5) is 0 Å². The summed E-state index contributed by atoms with van der Waals surface area (Å²) >= 11 is 0. The van der Waals surface area contributed by atoms with E-state index in [1.54, 1.807) is 0 Å². The molecule has 1 N–H and O–H groups in total. The smallest absolute Gasteiger partial charge is 0.332 e. The molecule has 0 radical (unpaired) electrons. The van der Waals surface area contributed by atoms with Gasteiger partial charge in [-0.2, -0.15) is 0 Å². The molecule has 1 heterocycles. The Labute approximate surface area is 429 Å². The van der Waals surface area contributed by atoms with Crippen LogP contribution in [0.5, 0.6) is 0 Å². The van der Waals surface area contributed by atoms with Gasteiger partial charge in [0.2, 0.25) is 5.91 Å². The molecule has 9 nitrogen and oxygen atoms in total. The van der Waals surface area contributed by atoms with Gasteiger partial charge in [0, 0.05) is 26.1 Å². The molecule has 9 heteroatoms. The number of fused-ring (bicyclic) bond motifs is 5. The maximum Gasteiger partial charge on any atom is 0.332 e. The van der Waals surface area contributed by atoms with Crippen molar-refractivity contribution in [3.8, 4) is 0 Å². The number of hydrogen-bond acceptors (Lipinski definition) is 8. The lowest BCUT2D eigenvalue weighted by atomic mass is 9.47. The fraction of sp³-hybridized carbons (Fsp3) is 0.869. The van der Waals surface area contributed by atoms with Gasteiger partial charge in [0.05, 0.1) is 32.5 Å². The molecule has 70 heavy (non-hydrogen) atoms. The first kappa shape index (κ1) is 58.8. The van der Waals surface area contributed by atoms with Crippen molar-refractivity contribution in [2.45, 2.75) is 221 Å². The molecule has 402 valence electrons. The van der Waals surface area contributed by atoms with Crippen LogP contribution in [-0.2, 0) is 33.3 Å². The average Bonchev–Trinajstić information content (AvgIpc) is 3.71. The number of nitrogens with one attached hydrogen (secondary N) is 1. The van der Waals surface area contributed by atoms with Crippen LogP contribution in [0, 0.1) is 46.3 Å². The molecule has 4 fully saturated rings. The first-order valence-corrected chi connectivity index (χ1v) is 29.6. The minimum atomic E-state index is -0.382. The molecule has 0 bridgehead atoms. The lowest BCUT2D eigenvalue weighted by molar-refractivity contribution is -0.157. The summed E-state index contributed by atoms with van der Waals surface area (Å²) in [5.41, 5.74) is 2.22. The van der Waals surface area contributed by atoms with Gasteiger partial charge in [0.15, 0.2) is 0 Å². The van der Waals surface area contributed by atoms with E-state index >= 15 is 0 Å². The second-order valence-corrected chi connectivity index (χ2v) is 23.6. The van der Waals surface area contributed by atoms with Crippen molar-refractivity contribution in [1.29, 1.82) is 0 Å². The Kier molecular flexibility index (Phi) is 27.7. The zero-order valence-electron chi connectivity index (χ0n) is 46.0. The van der Waals surface area contributed by atoms with Gasteiger partial charge in [-0.25, -0.2) is 4.79 Å². The summed E-state index contributed by atoms with van der Waals surface area (Å²) in [5, 5.41) is 2.84. The van der Waals surface area contributed by atoms with Crippen molar-refractivity contribution in [2.24, 2.45) is 46.3 Å². The Hall–Kier alpha value is -2.04. The van der Waals surface area contributed by atoms with Crippen LogP contribution >= 0.6 is 0 Å². The highest BCUT2D eigenvalue weighted by Gasteiger charge is 2.59. The van der Waals surface area contributed by atoms with Gasteiger partial charge in [-0.15, -0.1) is 0 Å². The number of ether oxygens (including phenoxy) is 5. The van der Waals surface area contributed by atoms with Crippen molar-refractivity contribution in [1.82, 2.24) is 10.2 Å². The SMILES string of the molecule is CCCCCC=CCC=CCCCCCCCCOCC(CN1CCCCC1)OCCOCCNC(=O)COCC(=O)O[C@H]1CC[C@@]2(C)C(=CC[C@H]3[C@@H]4CC[C@H]([C@H](C)CCCC(C)C)[C@@]4(C)CC[C@@H]32)C1. The minimum Gasteiger partial charge on any atom is -0.460 e. The molecule has 0 aromatic rings. The summed E-state index contributed by atoms with van der Waals surface area (Å²) in [6, 6.07) is 0. The molecule has 3 saturated carbocycles. The number of unbranched alkanes of at least 4 members (excludes halogenated alkanes) is 9. The van der Waals surface area contributed by atoms with E-state index in [2.05, 4.69) is 82.1 Å². The quantitative estimate of drug-likeness (QED) is 0.0377. The third kappa shape index (κ3) is 20.0. The van der Waals surface area contributed by atoms with E-state index in [1.165, 1.54) is 140 Å². The molecular formula is C61H106N2O7. The van der Waals surface area contributed by atoms with E-state index in [0.29, 0.717) is 38.4 Å². The van der Waals surface area contributed by atoms with Crippen LogP contribution in [-0.4, -0.2) is 101 Å². The molecule has 4 aliphatic carbocycles. The van der Waals surface area contributed by atoms with Gasteiger partial charge < -0.3 is 33.9 Å². The Morgan fingerprint density at radius 3 is 2.29 bits per heavy atom. The number of esters is 1. The maximum atomic E-state index is 12.9. The summed E-state index contributed by atoms with van der Waals surface area (Å²) in [7, 11) is 0. The fourth-order valence-corrected chi connectivity index (χ4v) is 13.9. The average molecular weight is 980 g/mol. The zero-order valence-corrected chi connectivity index (χ0v) is 46.0. The van der Waals surface area contributed by atoms with Crippen molar-refractivity contribution in [2.75, 3.05) is 72.4 Å². The number of likely N-dealkylation sites (tertiary alicyclic amines) is 1. The van der Waals surface area contributed by atoms with E-state index in [4.69, 9.17) is 23.7 Å². The highest BCUT2D eigenvalue weighted by Crippen LogP contribution is 2.67. The highest BCUT2D eigenvalue weighted by molar-refractivity contribution is 5.77. The van der Waals surface area contributed by atoms with Crippen molar-refractivity contribution < 1.29 is 33.3 Å². The normalized spacial score (nSPS) is 27.9. The van der Waals surface area contributed by atoms with Gasteiger partial charge in [0.25, 0.3) is 0 Å². The van der Waals surface area contributed by atoms with E-state index < -0.39 is 0 Å². The summed E-state index contributed by atoms with van der Waals surface area (Å²) in [4.78, 5) is 27.9. The molecule has 1 amide bonds. The lowest BCUT2D eigenvalue weighted by Gasteiger charge is -2.58. The number of amides is 1. The monoisotopic (exact) mass is 979 g/mol. The van der Waals surface area contributed by atoms with E-state index in [0.717, 1.165) is 93.9 Å². The molecule has 0 aromatic heterocycles. The van der Waals surface area contributed by atoms with Crippen LogP contribution in [0.25, 0.3) is 0 Å². The number of nitrogens with zero attached hydrogens (tertiary/aromatic N) is 1. The van der Waals surface area contributed by atoms with Crippen LogP contribution in [0.15, 0.2) is 36.0 Å². The predicted octanol–water partition coefficient (Wildman–Crippen LogP) is 13.8. The number of allylic oxidation sites excluding steroid dienone is 5. The Bertz CT molecular complexity index is 1540. The fourth-order valence-electron chi connectivity index (χ4n) is 13.9. The van der Waals surface area contributed by atoms with Gasteiger partial charge in [0.1, 0.15) is 19.3 Å². The second kappa shape index (κ2) is 33.0. The number of carbonyl (C=O) groups is 2. The van der Waals surface area contributed by atoms with Crippen LogP contribution in [0.2, 0.25) is 0 Å². The largest absolute Gasteiger partial charge is 0.460 e. The lowest BCUT2D eigenvalue weighted by Crippen LogP contribution is -2.51. The van der Waals surface area contributed by atoms with Crippen molar-refractivity contribution >= 4 is 11.9 Å². The van der Waals surface area contributed by atoms with Crippen LogP contribution in [0.1, 0.15) is 208 Å².